The molecule has 0 unspecified atom stereocenters. The van der Waals surface area contributed by atoms with Crippen LogP contribution in [-0.4, -0.2) is 31.3 Å². The smallest absolute Gasteiger partial charge is 0.339 e. The van der Waals surface area contributed by atoms with Crippen LogP contribution in [0.15, 0.2) is 42.5 Å². The molecule has 3 rings (SSSR count). The third-order valence-corrected chi connectivity index (χ3v) is 4.88. The van der Waals surface area contributed by atoms with E-state index in [4.69, 9.17) is 25.8 Å². The van der Waals surface area contributed by atoms with Crippen molar-refractivity contribution in [1.29, 1.82) is 0 Å². The van der Waals surface area contributed by atoms with Crippen LogP contribution in [0.2, 0.25) is 5.02 Å². The molecule has 1 amide bonds. The normalized spacial score (nSPS) is 14.2. The molecule has 1 aliphatic rings. The van der Waals surface area contributed by atoms with Gasteiger partial charge in [0.15, 0.2) is 17.6 Å². The second-order valence-electron chi connectivity index (χ2n) is 6.50. The molecule has 0 radical (unpaired) electrons. The summed E-state index contributed by atoms with van der Waals surface area (Å²) in [6, 6.07) is 12.9. The summed E-state index contributed by atoms with van der Waals surface area (Å²) in [6.07, 6.45) is -0.0567. The van der Waals surface area contributed by atoms with Gasteiger partial charge in [0.05, 0.1) is 10.6 Å². The zero-order chi connectivity index (χ0) is 20.1. The minimum atomic E-state index is -0.940. The lowest BCUT2D eigenvalue weighted by Gasteiger charge is -2.18. The molecule has 6 nitrogen and oxygen atoms in total. The number of hydrogen-bond acceptors (Lipinski definition) is 5. The lowest BCUT2D eigenvalue weighted by molar-refractivity contribution is -0.129. The van der Waals surface area contributed by atoms with Crippen LogP contribution >= 0.6 is 11.6 Å². The summed E-state index contributed by atoms with van der Waals surface area (Å²) in [4.78, 5) is 24.7. The van der Waals surface area contributed by atoms with Crippen molar-refractivity contribution in [1.82, 2.24) is 5.32 Å². The van der Waals surface area contributed by atoms with Gasteiger partial charge >= 0.3 is 5.97 Å². The van der Waals surface area contributed by atoms with Crippen LogP contribution in [0.25, 0.3) is 0 Å². The van der Waals surface area contributed by atoms with Crippen molar-refractivity contribution in [2.75, 3.05) is 13.3 Å². The Morgan fingerprint density at radius 2 is 1.96 bits per heavy atom. The third kappa shape index (κ3) is 4.57. The number of hydrogen-bond donors (Lipinski definition) is 1. The van der Waals surface area contributed by atoms with E-state index in [0.29, 0.717) is 18.0 Å². The third-order valence-electron chi connectivity index (χ3n) is 4.60. The summed E-state index contributed by atoms with van der Waals surface area (Å²) in [5.41, 5.74) is 1.36. The first-order valence-electron chi connectivity index (χ1n) is 9.12. The van der Waals surface area contributed by atoms with Crippen molar-refractivity contribution in [2.45, 2.75) is 32.3 Å². The van der Waals surface area contributed by atoms with E-state index in [1.54, 1.807) is 0 Å². The average molecular weight is 404 g/mol. The monoisotopic (exact) mass is 403 g/mol. The van der Waals surface area contributed by atoms with Gasteiger partial charge in [-0.25, -0.2) is 4.79 Å². The van der Waals surface area contributed by atoms with Gasteiger partial charge < -0.3 is 19.5 Å². The highest BCUT2D eigenvalue weighted by atomic mass is 35.5. The minimum Gasteiger partial charge on any atom is -0.454 e. The number of halogens is 1. The molecule has 0 aromatic heterocycles. The van der Waals surface area contributed by atoms with E-state index < -0.39 is 12.1 Å². The van der Waals surface area contributed by atoms with Gasteiger partial charge in [-0.3, -0.25) is 4.79 Å². The van der Waals surface area contributed by atoms with Gasteiger partial charge in [-0.05, 0) is 31.0 Å². The number of carbonyl (C=O) groups excluding carboxylic acids is 2. The van der Waals surface area contributed by atoms with Crippen molar-refractivity contribution in [2.24, 2.45) is 0 Å². The van der Waals surface area contributed by atoms with Gasteiger partial charge in [0.25, 0.3) is 5.91 Å². The largest absolute Gasteiger partial charge is 0.454 e. The Labute approximate surface area is 168 Å². The van der Waals surface area contributed by atoms with Crippen molar-refractivity contribution < 1.29 is 23.8 Å². The molecule has 1 heterocycles. The molecular formula is C21H22ClNO5. The van der Waals surface area contributed by atoms with Gasteiger partial charge in [0.2, 0.25) is 6.79 Å². The Hall–Kier alpha value is -2.73. The molecule has 1 aliphatic heterocycles. The maximum Gasteiger partial charge on any atom is 0.339 e. The lowest BCUT2D eigenvalue weighted by atomic mass is 9.96. The molecule has 0 aliphatic carbocycles. The quantitative estimate of drug-likeness (QED) is 0.709. The van der Waals surface area contributed by atoms with Crippen LogP contribution in [0.5, 0.6) is 11.5 Å². The van der Waals surface area contributed by atoms with E-state index in [0.717, 1.165) is 12.0 Å². The standard InChI is InChI=1S/C21H22ClNO5/c1-3-14(15-7-5-4-6-8-15)11-23-20(24)13(2)28-21(25)16-9-17(22)19-18(10-16)26-12-27-19/h4-10,13-14H,3,11-12H2,1-2H3,(H,23,24)/t13-,14-/m1/s1. The van der Waals surface area contributed by atoms with Crippen molar-refractivity contribution in [3.05, 3.63) is 58.6 Å². The number of ether oxygens (including phenoxy) is 3. The summed E-state index contributed by atoms with van der Waals surface area (Å²) in [7, 11) is 0. The molecular weight excluding hydrogens is 382 g/mol. The van der Waals surface area contributed by atoms with Crippen molar-refractivity contribution >= 4 is 23.5 Å². The Balaban J connectivity index is 1.57. The van der Waals surface area contributed by atoms with Crippen molar-refractivity contribution in [3.63, 3.8) is 0 Å². The molecule has 0 saturated heterocycles. The average Bonchev–Trinajstić information content (AvgIpc) is 3.18. The molecule has 148 valence electrons. The Kier molecular flexibility index (Phi) is 6.41. The summed E-state index contributed by atoms with van der Waals surface area (Å²) in [5.74, 6) is -0.0334. The number of carbonyl (C=O) groups is 2. The first kappa shape index (κ1) is 20.0. The maximum absolute atomic E-state index is 12.4. The summed E-state index contributed by atoms with van der Waals surface area (Å²) < 4.78 is 15.7. The van der Waals surface area contributed by atoms with E-state index in [1.165, 1.54) is 19.1 Å². The van der Waals surface area contributed by atoms with E-state index in [1.807, 2.05) is 30.3 Å². The number of nitrogens with one attached hydrogen (secondary N) is 1. The molecule has 1 N–H and O–H groups in total. The van der Waals surface area contributed by atoms with Gasteiger partial charge in [-0.1, -0.05) is 48.9 Å². The molecule has 0 saturated carbocycles. The molecule has 7 heteroatoms. The highest BCUT2D eigenvalue weighted by Crippen LogP contribution is 2.39. The van der Waals surface area contributed by atoms with Crippen molar-refractivity contribution in [3.8, 4) is 11.5 Å². The fourth-order valence-electron chi connectivity index (χ4n) is 2.96. The minimum absolute atomic E-state index is 0.0480. The molecule has 2 aromatic carbocycles. The van der Waals surface area contributed by atoms with Crippen LogP contribution in [-0.2, 0) is 9.53 Å². The Morgan fingerprint density at radius 3 is 2.68 bits per heavy atom. The summed E-state index contributed by atoms with van der Waals surface area (Å²) >= 11 is 6.08. The zero-order valence-corrected chi connectivity index (χ0v) is 16.5. The molecule has 0 bridgehead atoms. The Morgan fingerprint density at radius 1 is 1.21 bits per heavy atom. The highest BCUT2D eigenvalue weighted by Gasteiger charge is 2.24. The first-order valence-corrected chi connectivity index (χ1v) is 9.50. The number of benzene rings is 2. The van der Waals surface area contributed by atoms with Gasteiger partial charge in [0, 0.05) is 12.5 Å². The fourth-order valence-corrected chi connectivity index (χ4v) is 3.22. The highest BCUT2D eigenvalue weighted by molar-refractivity contribution is 6.32. The number of esters is 1. The molecule has 28 heavy (non-hydrogen) atoms. The Bertz CT molecular complexity index is 855. The lowest BCUT2D eigenvalue weighted by Crippen LogP contribution is -2.38. The van der Waals surface area contributed by atoms with E-state index in [-0.39, 0.29) is 29.2 Å². The van der Waals surface area contributed by atoms with E-state index in [9.17, 15) is 9.59 Å². The van der Waals surface area contributed by atoms with Crippen LogP contribution in [0.3, 0.4) is 0 Å². The summed E-state index contributed by atoms with van der Waals surface area (Å²) in [6.45, 7) is 4.12. The topological polar surface area (TPSA) is 73.9 Å². The number of amides is 1. The molecule has 0 spiro atoms. The van der Waals surface area contributed by atoms with Crippen LogP contribution in [0.4, 0.5) is 0 Å². The zero-order valence-electron chi connectivity index (χ0n) is 15.7. The van der Waals surface area contributed by atoms with E-state index >= 15 is 0 Å². The maximum atomic E-state index is 12.4. The van der Waals surface area contributed by atoms with E-state index in [2.05, 4.69) is 12.2 Å². The molecule has 2 atom stereocenters. The van der Waals surface area contributed by atoms with Crippen LogP contribution in [0, 0.1) is 0 Å². The van der Waals surface area contributed by atoms with Gasteiger partial charge in [-0.15, -0.1) is 0 Å². The fraction of sp³-hybridized carbons (Fsp3) is 0.333. The number of rotatable bonds is 7. The molecule has 2 aromatic rings. The van der Waals surface area contributed by atoms with Crippen LogP contribution < -0.4 is 14.8 Å². The predicted octanol–water partition coefficient (Wildman–Crippen LogP) is 3.92. The van der Waals surface area contributed by atoms with Gasteiger partial charge in [0.1, 0.15) is 0 Å². The predicted molar refractivity (Wildman–Crippen MR) is 105 cm³/mol. The number of fused-ring (bicyclic) bond motifs is 1. The second kappa shape index (κ2) is 8.97. The van der Waals surface area contributed by atoms with Gasteiger partial charge in [-0.2, -0.15) is 0 Å². The summed E-state index contributed by atoms with van der Waals surface area (Å²) in [5, 5.41) is 3.11. The SMILES string of the molecule is CC[C@H](CNC(=O)[C@@H](C)OC(=O)c1cc(Cl)c2c(c1)OCO2)c1ccccc1. The van der Waals surface area contributed by atoms with Crippen LogP contribution in [0.1, 0.15) is 42.1 Å². The first-order chi connectivity index (χ1) is 13.5. The second-order valence-corrected chi connectivity index (χ2v) is 6.91. The molecule has 0 fully saturated rings.